The number of carbonyl (C=O) groups is 2. The molecule has 2 heterocycles. The Labute approximate surface area is 142 Å². The van der Waals surface area contributed by atoms with Crippen molar-refractivity contribution in [2.24, 2.45) is 22.7 Å². The smallest absolute Gasteiger partial charge is 0.316 e. The second-order valence-corrected chi connectivity index (χ2v) is 7.90. The van der Waals surface area contributed by atoms with Gasteiger partial charge in [-0.2, -0.15) is 0 Å². The van der Waals surface area contributed by atoms with Crippen LogP contribution in [0, 0.1) is 22.7 Å². The number of aryl methyl sites for hydroxylation is 1. The van der Waals surface area contributed by atoms with Gasteiger partial charge in [-0.25, -0.2) is 0 Å². The Morgan fingerprint density at radius 1 is 1.33 bits per heavy atom. The van der Waals surface area contributed by atoms with E-state index in [9.17, 15) is 9.59 Å². The molecule has 0 N–H and O–H groups in total. The number of hydrogen-bond donors (Lipinski definition) is 0. The fraction of sp³-hybridized carbons (Fsp3) is 0.600. The molecule has 24 heavy (non-hydrogen) atoms. The van der Waals surface area contributed by atoms with Crippen molar-refractivity contribution in [1.82, 2.24) is 0 Å². The van der Waals surface area contributed by atoms with E-state index in [4.69, 9.17) is 9.15 Å². The largest absolute Gasteiger partial charge is 0.472 e. The number of cyclic esters (lactones) is 1. The van der Waals surface area contributed by atoms with Crippen molar-refractivity contribution >= 4 is 11.8 Å². The summed E-state index contributed by atoms with van der Waals surface area (Å²) in [7, 11) is 0. The van der Waals surface area contributed by atoms with E-state index in [-0.39, 0.29) is 23.1 Å². The molecular formula is C20H24O4. The molecule has 0 radical (unpaired) electrons. The van der Waals surface area contributed by atoms with Crippen molar-refractivity contribution in [3.8, 4) is 0 Å². The number of furan rings is 1. The lowest BCUT2D eigenvalue weighted by Crippen LogP contribution is -2.62. The molecule has 4 unspecified atom stereocenters. The first kappa shape index (κ1) is 15.7. The highest BCUT2D eigenvalue weighted by molar-refractivity contribution is 5.96. The lowest BCUT2D eigenvalue weighted by molar-refractivity contribution is -0.203. The monoisotopic (exact) mass is 328 g/mol. The van der Waals surface area contributed by atoms with Crippen LogP contribution in [0.15, 0.2) is 34.7 Å². The van der Waals surface area contributed by atoms with Gasteiger partial charge in [-0.3, -0.25) is 9.59 Å². The molecule has 0 amide bonds. The number of rotatable bonds is 3. The van der Waals surface area contributed by atoms with Crippen LogP contribution in [0.4, 0.5) is 0 Å². The Morgan fingerprint density at radius 3 is 2.92 bits per heavy atom. The molecule has 1 saturated heterocycles. The molecular weight excluding hydrogens is 304 g/mol. The van der Waals surface area contributed by atoms with Crippen molar-refractivity contribution in [3.63, 3.8) is 0 Å². The Balaban J connectivity index is 1.75. The molecule has 4 atom stereocenters. The van der Waals surface area contributed by atoms with Crippen LogP contribution in [-0.4, -0.2) is 18.4 Å². The third kappa shape index (κ3) is 1.98. The standard InChI is InChI=1S/C20H24O4/c1-13-3-7-20-14(2)9-16(21)10-17(20)19(13,12-24-18(20)22)6-4-15-5-8-23-11-15/h5,8-9,11,13,17H,3-4,6-7,10,12H2,1-2H3. The molecule has 4 rings (SSSR count). The molecule has 0 spiro atoms. The van der Waals surface area contributed by atoms with Crippen molar-refractivity contribution < 1.29 is 18.7 Å². The average molecular weight is 328 g/mol. The molecule has 1 aromatic heterocycles. The summed E-state index contributed by atoms with van der Waals surface area (Å²) < 4.78 is 10.9. The minimum absolute atomic E-state index is 0.0689. The number of hydrogen-bond acceptors (Lipinski definition) is 4. The first-order valence-corrected chi connectivity index (χ1v) is 8.89. The highest BCUT2D eigenvalue weighted by atomic mass is 16.5. The van der Waals surface area contributed by atoms with Gasteiger partial charge in [-0.05, 0) is 62.1 Å². The summed E-state index contributed by atoms with van der Waals surface area (Å²) in [5.41, 5.74) is 1.39. The number of allylic oxidation sites excluding steroid dienone is 1. The summed E-state index contributed by atoms with van der Waals surface area (Å²) in [6.45, 7) is 4.64. The predicted octanol–water partition coefficient (Wildman–Crippen LogP) is 3.71. The molecule has 128 valence electrons. The van der Waals surface area contributed by atoms with E-state index in [1.165, 1.54) is 5.56 Å². The summed E-state index contributed by atoms with van der Waals surface area (Å²) in [6.07, 6.45) is 9.26. The fourth-order valence-electron chi connectivity index (χ4n) is 5.50. The molecule has 3 aliphatic rings. The van der Waals surface area contributed by atoms with E-state index >= 15 is 0 Å². The Bertz CT molecular complexity index is 701. The Morgan fingerprint density at radius 2 is 2.17 bits per heavy atom. The van der Waals surface area contributed by atoms with Crippen molar-refractivity contribution in [2.75, 3.05) is 6.61 Å². The van der Waals surface area contributed by atoms with E-state index in [1.807, 2.05) is 13.0 Å². The van der Waals surface area contributed by atoms with E-state index in [1.54, 1.807) is 18.6 Å². The van der Waals surface area contributed by atoms with Gasteiger partial charge in [0.1, 0.15) is 0 Å². The van der Waals surface area contributed by atoms with Crippen LogP contribution in [0.3, 0.4) is 0 Å². The molecule has 0 aromatic carbocycles. The van der Waals surface area contributed by atoms with Gasteiger partial charge in [-0.1, -0.05) is 12.5 Å². The molecule has 1 aliphatic heterocycles. The van der Waals surface area contributed by atoms with Crippen LogP contribution in [-0.2, 0) is 20.7 Å². The predicted molar refractivity (Wildman–Crippen MR) is 88.1 cm³/mol. The molecule has 1 saturated carbocycles. The molecule has 2 fully saturated rings. The third-order valence-electron chi connectivity index (χ3n) is 7.02. The molecule has 2 aliphatic carbocycles. The van der Waals surface area contributed by atoms with Crippen LogP contribution < -0.4 is 0 Å². The maximum absolute atomic E-state index is 12.8. The fourth-order valence-corrected chi connectivity index (χ4v) is 5.50. The SMILES string of the molecule is CC1=CC(=O)CC2C13CCC(C)C2(CCc1ccoc1)COC3=O. The lowest BCUT2D eigenvalue weighted by atomic mass is 9.44. The van der Waals surface area contributed by atoms with Crippen LogP contribution >= 0.6 is 0 Å². The zero-order valence-electron chi connectivity index (χ0n) is 14.3. The Kier molecular flexibility index (Phi) is 3.48. The molecule has 4 heteroatoms. The first-order chi connectivity index (χ1) is 11.5. The van der Waals surface area contributed by atoms with Crippen LogP contribution in [0.1, 0.15) is 45.1 Å². The van der Waals surface area contributed by atoms with Crippen LogP contribution in [0.5, 0.6) is 0 Å². The van der Waals surface area contributed by atoms with Gasteiger partial charge < -0.3 is 9.15 Å². The van der Waals surface area contributed by atoms with Gasteiger partial charge >= 0.3 is 5.97 Å². The highest BCUT2D eigenvalue weighted by Crippen LogP contribution is 2.64. The maximum atomic E-state index is 12.8. The van der Waals surface area contributed by atoms with Crippen LogP contribution in [0.25, 0.3) is 0 Å². The molecule has 2 bridgehead atoms. The maximum Gasteiger partial charge on any atom is 0.316 e. The van der Waals surface area contributed by atoms with Gasteiger partial charge in [0.05, 0.1) is 24.5 Å². The highest BCUT2D eigenvalue weighted by Gasteiger charge is 2.65. The lowest BCUT2D eigenvalue weighted by Gasteiger charge is -2.61. The summed E-state index contributed by atoms with van der Waals surface area (Å²) in [5.74, 6) is 0.554. The van der Waals surface area contributed by atoms with E-state index in [2.05, 4.69) is 6.92 Å². The second-order valence-electron chi connectivity index (χ2n) is 7.90. The van der Waals surface area contributed by atoms with E-state index in [0.29, 0.717) is 18.9 Å². The zero-order chi connectivity index (χ0) is 16.9. The minimum Gasteiger partial charge on any atom is -0.472 e. The van der Waals surface area contributed by atoms with Crippen molar-refractivity contribution in [1.29, 1.82) is 0 Å². The molecule has 1 aromatic rings. The third-order valence-corrected chi connectivity index (χ3v) is 7.02. The van der Waals surface area contributed by atoms with Gasteiger partial charge in [0.2, 0.25) is 0 Å². The van der Waals surface area contributed by atoms with Crippen molar-refractivity contribution in [2.45, 2.75) is 46.0 Å². The molecule has 4 nitrogen and oxygen atoms in total. The summed E-state index contributed by atoms with van der Waals surface area (Å²) >= 11 is 0. The normalized spacial score (nSPS) is 38.3. The first-order valence-electron chi connectivity index (χ1n) is 8.89. The number of ketones is 1. The van der Waals surface area contributed by atoms with Gasteiger partial charge in [0.25, 0.3) is 0 Å². The van der Waals surface area contributed by atoms with E-state index in [0.717, 1.165) is 31.3 Å². The second kappa shape index (κ2) is 5.33. The average Bonchev–Trinajstić information content (AvgIpc) is 3.06. The van der Waals surface area contributed by atoms with Gasteiger partial charge in [0.15, 0.2) is 5.78 Å². The minimum atomic E-state index is -0.574. The summed E-state index contributed by atoms with van der Waals surface area (Å²) in [4.78, 5) is 25.1. The summed E-state index contributed by atoms with van der Waals surface area (Å²) in [6, 6.07) is 1.99. The van der Waals surface area contributed by atoms with Crippen molar-refractivity contribution in [3.05, 3.63) is 35.8 Å². The Hall–Kier alpha value is -1.84. The zero-order valence-corrected chi connectivity index (χ0v) is 14.3. The number of carbonyl (C=O) groups excluding carboxylic acids is 2. The summed E-state index contributed by atoms with van der Waals surface area (Å²) in [5, 5.41) is 0. The quantitative estimate of drug-likeness (QED) is 0.794. The number of esters is 1. The van der Waals surface area contributed by atoms with Crippen LogP contribution in [0.2, 0.25) is 0 Å². The number of ether oxygens (including phenoxy) is 1. The topological polar surface area (TPSA) is 56.5 Å². The van der Waals surface area contributed by atoms with E-state index < -0.39 is 5.41 Å². The van der Waals surface area contributed by atoms with Gasteiger partial charge in [0, 0.05) is 11.8 Å². The van der Waals surface area contributed by atoms with Gasteiger partial charge in [-0.15, -0.1) is 0 Å².